The minimum absolute atomic E-state index is 0.159. The fourth-order valence-corrected chi connectivity index (χ4v) is 2.94. The highest BCUT2D eigenvalue weighted by Crippen LogP contribution is 2.16. The van der Waals surface area contributed by atoms with Gasteiger partial charge in [-0.3, -0.25) is 9.69 Å². The van der Waals surface area contributed by atoms with Crippen LogP contribution in [-0.4, -0.2) is 77.2 Å². The van der Waals surface area contributed by atoms with Crippen molar-refractivity contribution in [3.8, 4) is 0 Å². The number of urea groups is 1. The molecule has 0 bridgehead atoms. The summed E-state index contributed by atoms with van der Waals surface area (Å²) in [5.41, 5.74) is -0.514. The van der Waals surface area contributed by atoms with Crippen LogP contribution in [0.25, 0.3) is 0 Å². The van der Waals surface area contributed by atoms with Gasteiger partial charge in [0.2, 0.25) is 0 Å². The Labute approximate surface area is 149 Å². The maximum Gasteiger partial charge on any atom is 0.410 e. The molecular weight excluding hydrogens is 324 g/mol. The fourth-order valence-electron chi connectivity index (χ4n) is 2.94. The second kappa shape index (κ2) is 7.59. The molecule has 1 unspecified atom stereocenters. The van der Waals surface area contributed by atoms with Crippen molar-refractivity contribution in [1.29, 1.82) is 0 Å². The zero-order chi connectivity index (χ0) is 18.8. The van der Waals surface area contributed by atoms with E-state index in [1.165, 1.54) is 4.90 Å². The van der Waals surface area contributed by atoms with E-state index in [2.05, 4.69) is 5.32 Å². The third-order valence-corrected chi connectivity index (χ3v) is 4.18. The molecule has 2 fully saturated rings. The third-order valence-electron chi connectivity index (χ3n) is 4.18. The molecule has 2 saturated heterocycles. The van der Waals surface area contributed by atoms with Gasteiger partial charge in [-0.05, 0) is 33.1 Å². The van der Waals surface area contributed by atoms with Gasteiger partial charge in [0.25, 0.3) is 5.91 Å². The maximum atomic E-state index is 12.4. The molecule has 0 saturated carbocycles. The Morgan fingerprint density at radius 1 is 1.20 bits per heavy atom. The molecule has 0 aromatic carbocycles. The molecule has 1 atom stereocenters. The molecule has 2 aliphatic rings. The number of rotatable bonds is 4. The highest BCUT2D eigenvalue weighted by atomic mass is 16.6. The molecule has 25 heavy (non-hydrogen) atoms. The molecule has 8 heteroatoms. The number of amides is 4. The Morgan fingerprint density at radius 2 is 1.80 bits per heavy atom. The number of hydrogen-bond acceptors (Lipinski definition) is 5. The summed E-state index contributed by atoms with van der Waals surface area (Å²) in [5, 5.41) is 2.75. The largest absolute Gasteiger partial charge is 0.444 e. The monoisotopic (exact) mass is 354 g/mol. The zero-order valence-electron chi connectivity index (χ0n) is 15.9. The molecule has 2 aliphatic heterocycles. The summed E-state index contributed by atoms with van der Waals surface area (Å²) in [6.45, 7) is 12.1. The van der Waals surface area contributed by atoms with Crippen LogP contribution in [0, 0.1) is 5.92 Å². The lowest BCUT2D eigenvalue weighted by Crippen LogP contribution is -2.53. The van der Waals surface area contributed by atoms with E-state index in [1.54, 1.807) is 4.90 Å². The minimum Gasteiger partial charge on any atom is -0.444 e. The Hall–Kier alpha value is -1.83. The lowest BCUT2D eigenvalue weighted by molar-refractivity contribution is -0.129. The van der Waals surface area contributed by atoms with Crippen LogP contribution >= 0.6 is 0 Å². The molecule has 4 amide bonds. The quantitative estimate of drug-likeness (QED) is 0.773. The van der Waals surface area contributed by atoms with Gasteiger partial charge >= 0.3 is 12.1 Å². The van der Waals surface area contributed by atoms with E-state index in [9.17, 15) is 14.4 Å². The van der Waals surface area contributed by atoms with E-state index < -0.39 is 11.6 Å². The highest BCUT2D eigenvalue weighted by Gasteiger charge is 2.39. The van der Waals surface area contributed by atoms with Crippen LogP contribution in [0.1, 0.15) is 41.0 Å². The van der Waals surface area contributed by atoms with E-state index in [0.29, 0.717) is 38.5 Å². The second-order valence-electron chi connectivity index (χ2n) is 8.12. The summed E-state index contributed by atoms with van der Waals surface area (Å²) < 4.78 is 5.37. The average molecular weight is 354 g/mol. The van der Waals surface area contributed by atoms with Gasteiger partial charge in [0.05, 0.1) is 6.67 Å². The first-order valence-corrected chi connectivity index (χ1v) is 8.89. The third kappa shape index (κ3) is 5.32. The van der Waals surface area contributed by atoms with Crippen LogP contribution in [0.5, 0.6) is 0 Å². The number of ether oxygens (including phenoxy) is 1. The molecule has 2 rings (SSSR count). The molecule has 1 N–H and O–H groups in total. The molecule has 0 aromatic heterocycles. The van der Waals surface area contributed by atoms with Crippen LogP contribution in [0.4, 0.5) is 9.59 Å². The molecule has 142 valence electrons. The SMILES string of the molecule is CC(C)CC1NC(=O)N(CN2CCN(C(=O)OC(C)(C)C)CC2)C1=O. The van der Waals surface area contributed by atoms with Crippen LogP contribution < -0.4 is 5.32 Å². The number of nitrogens with zero attached hydrogens (tertiary/aromatic N) is 3. The van der Waals surface area contributed by atoms with Crippen molar-refractivity contribution in [1.82, 2.24) is 20.0 Å². The standard InChI is InChI=1S/C17H30N4O4/c1-12(2)10-13-14(22)21(15(23)18-13)11-19-6-8-20(9-7-19)16(24)25-17(3,4)5/h12-13H,6-11H2,1-5H3,(H,18,23). The van der Waals surface area contributed by atoms with Crippen LogP contribution in [0.2, 0.25) is 0 Å². The highest BCUT2D eigenvalue weighted by molar-refractivity contribution is 6.04. The molecule has 0 aliphatic carbocycles. The Bertz CT molecular complexity index is 521. The topological polar surface area (TPSA) is 82.2 Å². The van der Waals surface area contributed by atoms with E-state index in [0.717, 1.165) is 0 Å². The Kier molecular flexibility index (Phi) is 5.92. The molecule has 0 aromatic rings. The van der Waals surface area contributed by atoms with Gasteiger partial charge in [-0.15, -0.1) is 0 Å². The average Bonchev–Trinajstić information content (AvgIpc) is 2.73. The summed E-state index contributed by atoms with van der Waals surface area (Å²) in [4.78, 5) is 41.5. The number of nitrogens with one attached hydrogen (secondary N) is 1. The fraction of sp³-hybridized carbons (Fsp3) is 0.824. The maximum absolute atomic E-state index is 12.4. The van der Waals surface area contributed by atoms with Crippen molar-refractivity contribution in [3.63, 3.8) is 0 Å². The number of carbonyl (C=O) groups is 3. The van der Waals surface area contributed by atoms with E-state index in [1.807, 2.05) is 39.5 Å². The van der Waals surface area contributed by atoms with E-state index >= 15 is 0 Å². The Morgan fingerprint density at radius 3 is 2.32 bits per heavy atom. The predicted octanol–water partition coefficient (Wildman–Crippen LogP) is 1.46. The lowest BCUT2D eigenvalue weighted by atomic mass is 10.0. The van der Waals surface area contributed by atoms with Gasteiger partial charge in [-0.1, -0.05) is 13.8 Å². The normalized spacial score (nSPS) is 22.6. The van der Waals surface area contributed by atoms with Crippen molar-refractivity contribution in [2.24, 2.45) is 5.92 Å². The molecule has 2 heterocycles. The van der Waals surface area contributed by atoms with Gasteiger partial charge in [-0.2, -0.15) is 0 Å². The smallest absolute Gasteiger partial charge is 0.410 e. The molecule has 8 nitrogen and oxygen atoms in total. The first kappa shape index (κ1) is 19.5. The van der Waals surface area contributed by atoms with E-state index in [-0.39, 0.29) is 24.7 Å². The van der Waals surface area contributed by atoms with Crippen LogP contribution in [0.3, 0.4) is 0 Å². The zero-order valence-corrected chi connectivity index (χ0v) is 15.9. The van der Waals surface area contributed by atoms with Crippen LogP contribution in [-0.2, 0) is 9.53 Å². The van der Waals surface area contributed by atoms with Crippen molar-refractivity contribution < 1.29 is 19.1 Å². The summed E-state index contributed by atoms with van der Waals surface area (Å²) in [7, 11) is 0. The number of piperazine rings is 1. The second-order valence-corrected chi connectivity index (χ2v) is 8.12. The van der Waals surface area contributed by atoms with Gasteiger partial charge in [0, 0.05) is 26.2 Å². The van der Waals surface area contributed by atoms with Crippen molar-refractivity contribution in [2.45, 2.75) is 52.7 Å². The molecule has 0 spiro atoms. The number of imide groups is 1. The minimum atomic E-state index is -0.514. The van der Waals surface area contributed by atoms with Gasteiger partial charge < -0.3 is 15.0 Å². The van der Waals surface area contributed by atoms with Crippen molar-refractivity contribution in [3.05, 3.63) is 0 Å². The Balaban J connectivity index is 1.83. The predicted molar refractivity (Wildman–Crippen MR) is 92.9 cm³/mol. The summed E-state index contributed by atoms with van der Waals surface area (Å²) in [5.74, 6) is 0.180. The van der Waals surface area contributed by atoms with Gasteiger partial charge in [0.1, 0.15) is 11.6 Å². The summed E-state index contributed by atoms with van der Waals surface area (Å²) in [6.07, 6.45) is 0.326. The molecular formula is C17H30N4O4. The van der Waals surface area contributed by atoms with Gasteiger partial charge in [0.15, 0.2) is 0 Å². The first-order chi connectivity index (χ1) is 11.6. The molecule has 0 radical (unpaired) electrons. The first-order valence-electron chi connectivity index (χ1n) is 8.89. The van der Waals surface area contributed by atoms with Crippen LogP contribution in [0.15, 0.2) is 0 Å². The van der Waals surface area contributed by atoms with Crippen molar-refractivity contribution >= 4 is 18.0 Å². The van der Waals surface area contributed by atoms with Gasteiger partial charge in [-0.25, -0.2) is 14.5 Å². The van der Waals surface area contributed by atoms with Crippen molar-refractivity contribution in [2.75, 3.05) is 32.8 Å². The summed E-state index contributed by atoms with van der Waals surface area (Å²) >= 11 is 0. The number of hydrogen-bond donors (Lipinski definition) is 1. The van der Waals surface area contributed by atoms with E-state index in [4.69, 9.17) is 4.74 Å². The lowest BCUT2D eigenvalue weighted by Gasteiger charge is -2.36. The summed E-state index contributed by atoms with van der Waals surface area (Å²) in [6, 6.07) is -0.749. The number of carbonyl (C=O) groups excluding carboxylic acids is 3.